The Balaban J connectivity index is 3.30. The molecule has 17 heavy (non-hydrogen) atoms. The minimum absolute atomic E-state index is 0.230. The zero-order valence-corrected chi connectivity index (χ0v) is 12.1. The van der Waals surface area contributed by atoms with Crippen LogP contribution in [0.4, 0.5) is 0 Å². The molecular weight excluding hydrogens is 240 g/mol. The van der Waals surface area contributed by atoms with Gasteiger partial charge in [0.05, 0.1) is 5.75 Å². The molecule has 0 aliphatic rings. The van der Waals surface area contributed by atoms with E-state index < -0.39 is 9.84 Å². The molecular formula is C11H26N2O3S. The van der Waals surface area contributed by atoms with Gasteiger partial charge in [0.1, 0.15) is 9.84 Å². The summed E-state index contributed by atoms with van der Waals surface area (Å²) in [5.74, 6) is 0.230. The minimum atomic E-state index is -2.84. The molecule has 0 spiro atoms. The molecule has 0 rings (SSSR count). The molecule has 0 saturated heterocycles. The average molecular weight is 266 g/mol. The maximum atomic E-state index is 11.0. The van der Waals surface area contributed by atoms with Crippen LogP contribution in [0.5, 0.6) is 0 Å². The topological polar surface area (TPSA) is 58.6 Å². The molecule has 0 aliphatic carbocycles. The van der Waals surface area contributed by atoms with Gasteiger partial charge in [0.2, 0.25) is 0 Å². The van der Waals surface area contributed by atoms with Crippen LogP contribution in [0.1, 0.15) is 13.3 Å². The van der Waals surface area contributed by atoms with Crippen molar-refractivity contribution in [3.63, 3.8) is 0 Å². The third-order valence-corrected chi connectivity index (χ3v) is 3.28. The van der Waals surface area contributed by atoms with Gasteiger partial charge in [-0.1, -0.05) is 0 Å². The van der Waals surface area contributed by atoms with Crippen LogP contribution in [-0.2, 0) is 14.6 Å². The van der Waals surface area contributed by atoms with Crippen molar-refractivity contribution in [1.82, 2.24) is 10.2 Å². The van der Waals surface area contributed by atoms with Crippen molar-refractivity contribution in [1.29, 1.82) is 0 Å². The summed E-state index contributed by atoms with van der Waals surface area (Å²) < 4.78 is 27.1. The molecule has 0 aliphatic heterocycles. The zero-order valence-electron chi connectivity index (χ0n) is 11.2. The number of nitrogens with one attached hydrogen (secondary N) is 1. The minimum Gasteiger partial charge on any atom is -0.382 e. The fourth-order valence-electron chi connectivity index (χ4n) is 1.27. The lowest BCUT2D eigenvalue weighted by Crippen LogP contribution is -2.33. The second kappa shape index (κ2) is 9.82. The van der Waals surface area contributed by atoms with Crippen LogP contribution < -0.4 is 5.32 Å². The lowest BCUT2D eigenvalue weighted by molar-refractivity contribution is 0.144. The SMILES string of the molecule is CCOCCCNCCN(C)CCS(C)(=O)=O. The molecule has 0 aromatic heterocycles. The fourth-order valence-corrected chi connectivity index (χ4v) is 1.92. The van der Waals surface area contributed by atoms with Crippen LogP contribution >= 0.6 is 0 Å². The molecule has 0 unspecified atom stereocenters. The Morgan fingerprint density at radius 1 is 1.24 bits per heavy atom. The summed E-state index contributed by atoms with van der Waals surface area (Å²) in [5.41, 5.74) is 0. The molecule has 104 valence electrons. The Labute approximate surface area is 105 Å². The van der Waals surface area contributed by atoms with Gasteiger partial charge >= 0.3 is 0 Å². The Morgan fingerprint density at radius 2 is 1.94 bits per heavy atom. The lowest BCUT2D eigenvalue weighted by Gasteiger charge is -2.16. The average Bonchev–Trinajstić information content (AvgIpc) is 2.24. The van der Waals surface area contributed by atoms with Crippen molar-refractivity contribution in [3.8, 4) is 0 Å². The van der Waals surface area contributed by atoms with Gasteiger partial charge in [0, 0.05) is 39.1 Å². The number of hydrogen-bond acceptors (Lipinski definition) is 5. The molecule has 0 radical (unpaired) electrons. The van der Waals surface area contributed by atoms with E-state index in [-0.39, 0.29) is 5.75 Å². The van der Waals surface area contributed by atoms with E-state index in [2.05, 4.69) is 5.32 Å². The highest BCUT2D eigenvalue weighted by molar-refractivity contribution is 7.90. The van der Waals surface area contributed by atoms with Crippen molar-refractivity contribution in [2.75, 3.05) is 58.4 Å². The Morgan fingerprint density at radius 3 is 2.53 bits per heavy atom. The predicted octanol–water partition coefficient (Wildman–Crippen LogP) is -0.0210. The number of likely N-dealkylation sites (N-methyl/N-ethyl adjacent to an activating group) is 1. The van der Waals surface area contributed by atoms with Crippen LogP contribution in [0.2, 0.25) is 0 Å². The van der Waals surface area contributed by atoms with Gasteiger partial charge in [-0.3, -0.25) is 0 Å². The monoisotopic (exact) mass is 266 g/mol. The summed E-state index contributed by atoms with van der Waals surface area (Å²) >= 11 is 0. The third kappa shape index (κ3) is 13.8. The van der Waals surface area contributed by atoms with E-state index in [1.807, 2.05) is 18.9 Å². The van der Waals surface area contributed by atoms with E-state index in [0.717, 1.165) is 39.3 Å². The maximum absolute atomic E-state index is 11.0. The third-order valence-electron chi connectivity index (χ3n) is 2.36. The van der Waals surface area contributed by atoms with Gasteiger partial charge in [-0.2, -0.15) is 0 Å². The molecule has 6 heteroatoms. The van der Waals surface area contributed by atoms with Crippen LogP contribution in [-0.4, -0.2) is 71.8 Å². The van der Waals surface area contributed by atoms with E-state index in [1.165, 1.54) is 6.26 Å². The van der Waals surface area contributed by atoms with E-state index in [1.54, 1.807) is 0 Å². The second-order valence-corrected chi connectivity index (χ2v) is 6.49. The van der Waals surface area contributed by atoms with Crippen LogP contribution in [0.3, 0.4) is 0 Å². The van der Waals surface area contributed by atoms with Crippen molar-refractivity contribution in [2.24, 2.45) is 0 Å². The van der Waals surface area contributed by atoms with E-state index in [0.29, 0.717) is 6.54 Å². The van der Waals surface area contributed by atoms with Gasteiger partial charge in [-0.15, -0.1) is 0 Å². The van der Waals surface area contributed by atoms with Crippen LogP contribution in [0.15, 0.2) is 0 Å². The summed E-state index contributed by atoms with van der Waals surface area (Å²) in [4.78, 5) is 2.02. The standard InChI is InChI=1S/C11H26N2O3S/c1-4-16-10-5-6-12-7-8-13(2)9-11-17(3,14)15/h12H,4-11H2,1-3H3. The molecule has 0 amide bonds. The number of ether oxygens (including phenoxy) is 1. The predicted molar refractivity (Wildman–Crippen MR) is 71.2 cm³/mol. The number of sulfone groups is 1. The van der Waals surface area contributed by atoms with Gasteiger partial charge < -0.3 is 15.0 Å². The van der Waals surface area contributed by atoms with Gasteiger partial charge in [0.25, 0.3) is 0 Å². The first-order chi connectivity index (χ1) is 7.95. The molecule has 0 bridgehead atoms. The summed E-state index contributed by atoms with van der Waals surface area (Å²) in [5, 5.41) is 3.30. The van der Waals surface area contributed by atoms with Crippen molar-refractivity contribution >= 4 is 9.84 Å². The van der Waals surface area contributed by atoms with E-state index in [9.17, 15) is 8.42 Å². The summed E-state index contributed by atoms with van der Waals surface area (Å²) in [7, 11) is -0.906. The van der Waals surface area contributed by atoms with Crippen LogP contribution in [0, 0.1) is 0 Å². The lowest BCUT2D eigenvalue weighted by atomic mass is 10.4. The quantitative estimate of drug-likeness (QED) is 0.533. The van der Waals surface area contributed by atoms with E-state index >= 15 is 0 Å². The Kier molecular flexibility index (Phi) is 9.72. The van der Waals surface area contributed by atoms with Crippen molar-refractivity contribution in [3.05, 3.63) is 0 Å². The summed E-state index contributed by atoms with van der Waals surface area (Å²) in [6.45, 7) is 6.85. The molecule has 0 atom stereocenters. The fraction of sp³-hybridized carbons (Fsp3) is 1.00. The van der Waals surface area contributed by atoms with Crippen molar-refractivity contribution < 1.29 is 13.2 Å². The van der Waals surface area contributed by atoms with E-state index in [4.69, 9.17) is 4.74 Å². The number of nitrogens with zero attached hydrogens (tertiary/aromatic N) is 1. The van der Waals surface area contributed by atoms with Gasteiger partial charge in [0.15, 0.2) is 0 Å². The Bertz CT molecular complexity index is 268. The molecule has 0 heterocycles. The highest BCUT2D eigenvalue weighted by Gasteiger charge is 2.04. The first-order valence-corrected chi connectivity index (χ1v) is 8.16. The second-order valence-electron chi connectivity index (χ2n) is 4.23. The highest BCUT2D eigenvalue weighted by Crippen LogP contribution is 1.87. The summed E-state index contributed by atoms with van der Waals surface area (Å²) in [6, 6.07) is 0. The summed E-state index contributed by atoms with van der Waals surface area (Å²) in [6.07, 6.45) is 2.29. The molecule has 0 fully saturated rings. The van der Waals surface area contributed by atoms with Gasteiger partial charge in [-0.25, -0.2) is 8.42 Å². The van der Waals surface area contributed by atoms with Gasteiger partial charge in [-0.05, 0) is 26.9 Å². The number of rotatable bonds is 11. The van der Waals surface area contributed by atoms with Crippen LogP contribution in [0.25, 0.3) is 0 Å². The zero-order chi connectivity index (χ0) is 13.1. The Hall–Kier alpha value is -0.170. The first-order valence-electron chi connectivity index (χ1n) is 6.10. The van der Waals surface area contributed by atoms with Crippen molar-refractivity contribution in [2.45, 2.75) is 13.3 Å². The number of hydrogen-bond donors (Lipinski definition) is 1. The normalized spacial score (nSPS) is 12.2. The molecule has 5 nitrogen and oxygen atoms in total. The smallest absolute Gasteiger partial charge is 0.148 e. The highest BCUT2D eigenvalue weighted by atomic mass is 32.2. The molecule has 1 N–H and O–H groups in total. The molecule has 0 aromatic rings. The maximum Gasteiger partial charge on any atom is 0.148 e. The largest absolute Gasteiger partial charge is 0.382 e. The first kappa shape index (κ1) is 16.8. The molecule has 0 aromatic carbocycles. The molecule has 0 saturated carbocycles.